The first kappa shape index (κ1) is 23.4. The van der Waals surface area contributed by atoms with Crippen LogP contribution >= 0.6 is 22.9 Å². The van der Waals surface area contributed by atoms with Crippen LogP contribution in [0.5, 0.6) is 5.75 Å². The fraction of sp³-hybridized carbons (Fsp3) is 0.182. The Labute approximate surface area is 201 Å². The molecule has 3 heterocycles. The summed E-state index contributed by atoms with van der Waals surface area (Å²) in [5.74, 6) is -2.59. The number of anilines is 1. The van der Waals surface area contributed by atoms with Gasteiger partial charge >= 0.3 is 5.97 Å². The van der Waals surface area contributed by atoms with E-state index in [0.717, 1.165) is 17.4 Å². The standard InChI is InChI=1S/C22H16ClF2N5O3S/c1-2-33-16-8-17(34-21(16)22(31)32)15-7-18(29-10-28-15)27-3-4-30-11(9-26)5-12-13(23)6-14(24)19(25)20(12)30/h5-8,10H,2-4H2,1H3,(H,31,32)(H,27,28,29). The number of carbonyl (C=O) groups is 1. The second kappa shape index (κ2) is 9.62. The van der Waals surface area contributed by atoms with Crippen molar-refractivity contribution in [2.24, 2.45) is 0 Å². The number of carboxylic acids is 1. The molecule has 0 saturated heterocycles. The molecule has 0 aliphatic heterocycles. The van der Waals surface area contributed by atoms with Gasteiger partial charge in [0.1, 0.15) is 29.7 Å². The smallest absolute Gasteiger partial charge is 0.349 e. The van der Waals surface area contributed by atoms with E-state index >= 15 is 0 Å². The average molecular weight is 504 g/mol. The van der Waals surface area contributed by atoms with Gasteiger partial charge in [-0.05, 0) is 19.1 Å². The normalized spacial score (nSPS) is 10.9. The van der Waals surface area contributed by atoms with Crippen molar-refractivity contribution in [1.82, 2.24) is 14.5 Å². The number of hydrogen-bond acceptors (Lipinski definition) is 7. The fourth-order valence-electron chi connectivity index (χ4n) is 3.45. The molecule has 0 radical (unpaired) electrons. The van der Waals surface area contributed by atoms with Crippen molar-refractivity contribution in [1.29, 1.82) is 5.26 Å². The maximum Gasteiger partial charge on any atom is 0.349 e. The first-order valence-electron chi connectivity index (χ1n) is 9.97. The van der Waals surface area contributed by atoms with Gasteiger partial charge in [-0.15, -0.1) is 11.3 Å². The van der Waals surface area contributed by atoms with Gasteiger partial charge in [-0.1, -0.05) is 11.6 Å². The maximum atomic E-state index is 14.5. The number of nitrogens with zero attached hydrogens (tertiary/aromatic N) is 4. The predicted molar refractivity (Wildman–Crippen MR) is 124 cm³/mol. The lowest BCUT2D eigenvalue weighted by atomic mass is 10.2. The highest BCUT2D eigenvalue weighted by Crippen LogP contribution is 2.36. The lowest BCUT2D eigenvalue weighted by Crippen LogP contribution is -2.13. The summed E-state index contributed by atoms with van der Waals surface area (Å²) in [5.41, 5.74) is 0.532. The summed E-state index contributed by atoms with van der Waals surface area (Å²) in [4.78, 5) is 20.5. The monoisotopic (exact) mass is 503 g/mol. The van der Waals surface area contributed by atoms with Crippen LogP contribution in [0.4, 0.5) is 14.6 Å². The molecule has 1 aromatic carbocycles. The Morgan fingerprint density at radius 2 is 2.12 bits per heavy atom. The van der Waals surface area contributed by atoms with E-state index in [1.165, 1.54) is 17.0 Å². The Morgan fingerprint density at radius 3 is 2.82 bits per heavy atom. The van der Waals surface area contributed by atoms with E-state index in [1.54, 1.807) is 19.1 Å². The highest BCUT2D eigenvalue weighted by Gasteiger charge is 2.20. The highest BCUT2D eigenvalue weighted by atomic mass is 35.5. The van der Waals surface area contributed by atoms with Crippen LogP contribution in [0.2, 0.25) is 5.02 Å². The third kappa shape index (κ3) is 4.37. The van der Waals surface area contributed by atoms with Crippen molar-refractivity contribution in [2.75, 3.05) is 18.5 Å². The third-order valence-electron chi connectivity index (χ3n) is 4.89. The largest absolute Gasteiger partial charge is 0.492 e. The number of fused-ring (bicyclic) bond motifs is 1. The van der Waals surface area contributed by atoms with Crippen molar-refractivity contribution >= 4 is 45.6 Å². The first-order valence-corrected chi connectivity index (χ1v) is 11.2. The quantitative estimate of drug-likeness (QED) is 0.319. The minimum atomic E-state index is -1.10. The van der Waals surface area contributed by atoms with Gasteiger partial charge in [0.15, 0.2) is 16.5 Å². The zero-order valence-electron chi connectivity index (χ0n) is 17.6. The molecule has 0 aliphatic rings. The van der Waals surface area contributed by atoms with E-state index in [2.05, 4.69) is 15.3 Å². The van der Waals surface area contributed by atoms with Crippen molar-refractivity contribution in [3.8, 4) is 22.4 Å². The molecule has 3 aromatic heterocycles. The topological polar surface area (TPSA) is 113 Å². The summed E-state index contributed by atoms with van der Waals surface area (Å²) in [6, 6.07) is 7.49. The summed E-state index contributed by atoms with van der Waals surface area (Å²) in [5, 5.41) is 22.1. The number of benzene rings is 1. The van der Waals surface area contributed by atoms with Crippen LogP contribution in [0.15, 0.2) is 30.6 Å². The number of ether oxygens (including phenoxy) is 1. The number of aromatic nitrogens is 3. The van der Waals surface area contributed by atoms with Crippen molar-refractivity contribution in [2.45, 2.75) is 13.5 Å². The van der Waals surface area contributed by atoms with Crippen molar-refractivity contribution in [3.05, 3.63) is 57.8 Å². The summed E-state index contributed by atoms with van der Waals surface area (Å²) in [6.07, 6.45) is 1.32. The molecule has 0 fully saturated rings. The third-order valence-corrected chi connectivity index (χ3v) is 6.33. The molecule has 34 heavy (non-hydrogen) atoms. The molecule has 0 atom stereocenters. The molecule has 12 heteroatoms. The van der Waals surface area contributed by atoms with E-state index in [-0.39, 0.29) is 45.3 Å². The Kier molecular flexibility index (Phi) is 6.63. The SMILES string of the molecule is CCOc1cc(-c2cc(NCCn3c(C#N)cc4c(Cl)cc(F)c(F)c43)ncn2)sc1C(=O)O. The molecular weight excluding hydrogens is 488 g/mol. The number of thiophene rings is 1. The number of aromatic carboxylic acids is 1. The van der Waals surface area contributed by atoms with E-state index < -0.39 is 17.6 Å². The Morgan fingerprint density at radius 1 is 1.32 bits per heavy atom. The molecule has 0 spiro atoms. The van der Waals surface area contributed by atoms with Crippen LogP contribution in [-0.2, 0) is 6.54 Å². The number of nitrogens with one attached hydrogen (secondary N) is 1. The zero-order chi connectivity index (χ0) is 24.4. The number of nitriles is 1. The van der Waals surface area contributed by atoms with Gasteiger partial charge in [-0.2, -0.15) is 5.26 Å². The van der Waals surface area contributed by atoms with E-state index in [9.17, 15) is 23.9 Å². The summed E-state index contributed by atoms with van der Waals surface area (Å²) >= 11 is 7.06. The molecule has 8 nitrogen and oxygen atoms in total. The molecule has 4 rings (SSSR count). The van der Waals surface area contributed by atoms with Crippen LogP contribution in [0.25, 0.3) is 21.5 Å². The Bertz CT molecular complexity index is 1450. The lowest BCUT2D eigenvalue weighted by Gasteiger charge is -2.10. The van der Waals surface area contributed by atoms with Crippen molar-refractivity contribution < 1.29 is 23.4 Å². The first-order chi connectivity index (χ1) is 16.3. The van der Waals surface area contributed by atoms with Gasteiger partial charge in [0, 0.05) is 30.6 Å². The Hall–Kier alpha value is -3.75. The molecular formula is C22H16ClF2N5O3S. The zero-order valence-corrected chi connectivity index (χ0v) is 19.2. The van der Waals surface area contributed by atoms with Gasteiger partial charge in [0.25, 0.3) is 0 Å². The summed E-state index contributed by atoms with van der Waals surface area (Å²) < 4.78 is 35.1. The van der Waals surface area contributed by atoms with E-state index in [0.29, 0.717) is 23.0 Å². The summed E-state index contributed by atoms with van der Waals surface area (Å²) in [7, 11) is 0. The Balaban J connectivity index is 1.56. The number of halogens is 3. The van der Waals surface area contributed by atoms with E-state index in [1.807, 2.05) is 6.07 Å². The molecule has 2 N–H and O–H groups in total. The van der Waals surface area contributed by atoms with Gasteiger partial charge < -0.3 is 19.7 Å². The van der Waals surface area contributed by atoms with Gasteiger partial charge in [0.05, 0.1) is 27.7 Å². The van der Waals surface area contributed by atoms with Crippen molar-refractivity contribution in [3.63, 3.8) is 0 Å². The highest BCUT2D eigenvalue weighted by molar-refractivity contribution is 7.17. The van der Waals surface area contributed by atoms with Crippen LogP contribution in [-0.4, -0.2) is 38.8 Å². The average Bonchev–Trinajstić information content (AvgIpc) is 3.40. The number of hydrogen-bond donors (Lipinski definition) is 2. The second-order valence-corrected chi connectivity index (χ2v) is 8.43. The molecule has 4 aromatic rings. The lowest BCUT2D eigenvalue weighted by molar-refractivity contribution is 0.0698. The fourth-order valence-corrected chi connectivity index (χ4v) is 4.60. The van der Waals surface area contributed by atoms with Crippen LogP contribution < -0.4 is 10.1 Å². The van der Waals surface area contributed by atoms with E-state index in [4.69, 9.17) is 16.3 Å². The minimum Gasteiger partial charge on any atom is -0.492 e. The van der Waals surface area contributed by atoms with Gasteiger partial charge in [0.2, 0.25) is 0 Å². The molecule has 0 unspecified atom stereocenters. The minimum absolute atomic E-state index is 0.0145. The summed E-state index contributed by atoms with van der Waals surface area (Å²) in [6.45, 7) is 2.42. The molecule has 0 aliphatic carbocycles. The maximum absolute atomic E-state index is 14.5. The predicted octanol–water partition coefficient (Wildman–Crippen LogP) is 5.17. The van der Waals surface area contributed by atoms with Crippen LogP contribution in [0.3, 0.4) is 0 Å². The van der Waals surface area contributed by atoms with Crippen LogP contribution in [0, 0.1) is 23.0 Å². The molecule has 0 saturated carbocycles. The van der Waals surface area contributed by atoms with Gasteiger partial charge in [-0.25, -0.2) is 23.5 Å². The number of rotatable bonds is 8. The number of carboxylic acid groups (broad SMARTS) is 1. The molecule has 174 valence electrons. The van der Waals surface area contributed by atoms with Crippen LogP contribution in [0.1, 0.15) is 22.3 Å². The molecule has 0 amide bonds. The second-order valence-electron chi connectivity index (χ2n) is 6.97. The molecule has 0 bridgehead atoms. The van der Waals surface area contributed by atoms with Gasteiger partial charge in [-0.3, -0.25) is 0 Å².